The fourth-order valence-electron chi connectivity index (χ4n) is 1.83. The van der Waals surface area contributed by atoms with E-state index in [1.807, 2.05) is 37.3 Å². The molecule has 0 radical (unpaired) electrons. The normalized spacial score (nSPS) is 10.6. The van der Waals surface area contributed by atoms with E-state index < -0.39 is 0 Å². The molecule has 1 N–H and O–H groups in total. The number of nitrogens with zero attached hydrogens (tertiary/aromatic N) is 1. The third-order valence-electron chi connectivity index (χ3n) is 3.02. The molecule has 0 atom stereocenters. The number of rotatable bonds is 6. The number of hydrogen-bond donors (Lipinski definition) is 1. The third-order valence-corrected chi connectivity index (χ3v) is 3.76. The predicted molar refractivity (Wildman–Crippen MR) is 84.7 cm³/mol. The Kier molecular flexibility index (Phi) is 5.44. The Balaban J connectivity index is 2.07. The van der Waals surface area contributed by atoms with Gasteiger partial charge in [0.15, 0.2) is 0 Å². The summed E-state index contributed by atoms with van der Waals surface area (Å²) in [5.74, 6) is 1.45. The molecule has 106 valence electrons. The first-order chi connectivity index (χ1) is 9.72. The zero-order valence-electron chi connectivity index (χ0n) is 12.1. The van der Waals surface area contributed by atoms with Crippen LogP contribution in [0, 0.1) is 6.92 Å². The van der Waals surface area contributed by atoms with E-state index in [1.54, 1.807) is 11.8 Å². The number of thioether (sulfide) groups is 1. The number of hydrogen-bond acceptors (Lipinski definition) is 4. The average molecular weight is 288 g/mol. The van der Waals surface area contributed by atoms with Crippen molar-refractivity contribution >= 4 is 11.8 Å². The van der Waals surface area contributed by atoms with Gasteiger partial charge in [0.05, 0.1) is 0 Å². The van der Waals surface area contributed by atoms with Crippen molar-refractivity contribution in [2.75, 3.05) is 12.8 Å². The molecule has 20 heavy (non-hydrogen) atoms. The Bertz CT molecular complexity index is 555. The van der Waals surface area contributed by atoms with Crippen LogP contribution in [0.1, 0.15) is 18.2 Å². The first-order valence-corrected chi connectivity index (χ1v) is 7.94. The van der Waals surface area contributed by atoms with Gasteiger partial charge in [0, 0.05) is 23.2 Å². The van der Waals surface area contributed by atoms with E-state index in [1.165, 1.54) is 10.5 Å². The highest BCUT2D eigenvalue weighted by Crippen LogP contribution is 2.23. The molecule has 0 bridgehead atoms. The molecule has 0 amide bonds. The predicted octanol–water partition coefficient (Wildman–Crippen LogP) is 4.01. The number of nitrogens with one attached hydrogen (secondary N) is 1. The highest BCUT2D eigenvalue weighted by molar-refractivity contribution is 7.98. The van der Waals surface area contributed by atoms with Crippen LogP contribution in [0.3, 0.4) is 0 Å². The highest BCUT2D eigenvalue weighted by atomic mass is 32.2. The minimum atomic E-state index is 0.639. The summed E-state index contributed by atoms with van der Waals surface area (Å²) in [6, 6.07) is 12.0. The number of aromatic nitrogens is 1. The lowest BCUT2D eigenvalue weighted by molar-refractivity contribution is 0.460. The number of pyridine rings is 1. The van der Waals surface area contributed by atoms with Crippen molar-refractivity contribution in [1.29, 1.82) is 0 Å². The summed E-state index contributed by atoms with van der Waals surface area (Å²) in [4.78, 5) is 5.72. The smallest absolute Gasteiger partial charge is 0.219 e. The molecule has 4 heteroatoms. The van der Waals surface area contributed by atoms with Crippen LogP contribution in [0.5, 0.6) is 11.6 Å². The standard InChI is InChI=1S/C16H20N2OS/c1-4-17-11-13-5-10-16(18-12(13)2)19-14-6-8-15(20-3)9-7-14/h5-10,17H,4,11H2,1-3H3. The molecule has 0 saturated heterocycles. The van der Waals surface area contributed by atoms with Crippen LogP contribution >= 0.6 is 11.8 Å². The quantitative estimate of drug-likeness (QED) is 0.814. The third kappa shape index (κ3) is 3.99. The van der Waals surface area contributed by atoms with Crippen molar-refractivity contribution in [3.8, 4) is 11.6 Å². The molecule has 0 aliphatic heterocycles. The molecule has 1 aromatic carbocycles. The Morgan fingerprint density at radius 1 is 1.15 bits per heavy atom. The molecular weight excluding hydrogens is 268 g/mol. The minimum Gasteiger partial charge on any atom is -0.439 e. The van der Waals surface area contributed by atoms with Gasteiger partial charge in [-0.3, -0.25) is 0 Å². The SMILES string of the molecule is CCNCc1ccc(Oc2ccc(SC)cc2)nc1C. The molecule has 3 nitrogen and oxygen atoms in total. The number of benzene rings is 1. The molecule has 1 heterocycles. The molecule has 0 aliphatic carbocycles. The topological polar surface area (TPSA) is 34.1 Å². The summed E-state index contributed by atoms with van der Waals surface area (Å²) in [6.45, 7) is 5.91. The van der Waals surface area contributed by atoms with E-state index in [-0.39, 0.29) is 0 Å². The van der Waals surface area contributed by atoms with Crippen molar-refractivity contribution in [3.05, 3.63) is 47.7 Å². The van der Waals surface area contributed by atoms with Crippen LogP contribution in [0.2, 0.25) is 0 Å². The Hall–Kier alpha value is -1.52. The molecule has 0 spiro atoms. The first kappa shape index (κ1) is 14.9. The maximum absolute atomic E-state index is 5.78. The average Bonchev–Trinajstić information content (AvgIpc) is 2.47. The van der Waals surface area contributed by atoms with Gasteiger partial charge in [-0.2, -0.15) is 0 Å². The summed E-state index contributed by atoms with van der Waals surface area (Å²) < 4.78 is 5.78. The number of aryl methyl sites for hydroxylation is 1. The highest BCUT2D eigenvalue weighted by Gasteiger charge is 2.03. The van der Waals surface area contributed by atoms with Gasteiger partial charge < -0.3 is 10.1 Å². The van der Waals surface area contributed by atoms with E-state index in [4.69, 9.17) is 4.74 Å². The van der Waals surface area contributed by atoms with Gasteiger partial charge in [-0.1, -0.05) is 13.0 Å². The maximum atomic E-state index is 5.78. The van der Waals surface area contributed by atoms with Gasteiger partial charge in [0.2, 0.25) is 5.88 Å². The van der Waals surface area contributed by atoms with Gasteiger partial charge in [0.25, 0.3) is 0 Å². The van der Waals surface area contributed by atoms with Crippen LogP contribution in [-0.4, -0.2) is 17.8 Å². The Labute approximate surface area is 124 Å². The van der Waals surface area contributed by atoms with E-state index in [2.05, 4.69) is 29.5 Å². The lowest BCUT2D eigenvalue weighted by Gasteiger charge is -2.09. The molecule has 0 unspecified atom stereocenters. The lowest BCUT2D eigenvalue weighted by atomic mass is 10.2. The van der Waals surface area contributed by atoms with Gasteiger partial charge in [0.1, 0.15) is 5.75 Å². The molecular formula is C16H20N2OS. The zero-order chi connectivity index (χ0) is 14.4. The van der Waals surface area contributed by atoms with Gasteiger partial charge in [-0.05, 0) is 49.6 Å². The number of ether oxygens (including phenoxy) is 1. The summed E-state index contributed by atoms with van der Waals surface area (Å²) >= 11 is 1.72. The molecule has 0 aliphatic rings. The molecule has 0 fully saturated rings. The molecule has 2 rings (SSSR count). The van der Waals surface area contributed by atoms with Crippen molar-refractivity contribution in [2.24, 2.45) is 0 Å². The van der Waals surface area contributed by atoms with Crippen molar-refractivity contribution in [2.45, 2.75) is 25.3 Å². The fourth-order valence-corrected chi connectivity index (χ4v) is 2.24. The first-order valence-electron chi connectivity index (χ1n) is 6.72. The Morgan fingerprint density at radius 2 is 1.90 bits per heavy atom. The zero-order valence-corrected chi connectivity index (χ0v) is 13.0. The van der Waals surface area contributed by atoms with Crippen LogP contribution < -0.4 is 10.1 Å². The van der Waals surface area contributed by atoms with Crippen molar-refractivity contribution in [1.82, 2.24) is 10.3 Å². The van der Waals surface area contributed by atoms with Crippen LogP contribution in [0.25, 0.3) is 0 Å². The van der Waals surface area contributed by atoms with Gasteiger partial charge in [-0.25, -0.2) is 4.98 Å². The van der Waals surface area contributed by atoms with E-state index >= 15 is 0 Å². The largest absolute Gasteiger partial charge is 0.439 e. The summed E-state index contributed by atoms with van der Waals surface area (Å²) in [5.41, 5.74) is 2.21. The summed E-state index contributed by atoms with van der Waals surface area (Å²) in [6.07, 6.45) is 2.06. The summed E-state index contributed by atoms with van der Waals surface area (Å²) in [5, 5.41) is 3.30. The van der Waals surface area contributed by atoms with Crippen molar-refractivity contribution in [3.63, 3.8) is 0 Å². The molecule has 2 aromatic rings. The van der Waals surface area contributed by atoms with E-state index in [9.17, 15) is 0 Å². The van der Waals surface area contributed by atoms with Crippen LogP contribution in [-0.2, 0) is 6.54 Å². The van der Waals surface area contributed by atoms with Crippen LogP contribution in [0.4, 0.5) is 0 Å². The minimum absolute atomic E-state index is 0.639. The van der Waals surface area contributed by atoms with Gasteiger partial charge in [-0.15, -0.1) is 11.8 Å². The Morgan fingerprint density at radius 3 is 2.50 bits per heavy atom. The monoisotopic (exact) mass is 288 g/mol. The summed E-state index contributed by atoms with van der Waals surface area (Å²) in [7, 11) is 0. The second-order valence-corrected chi connectivity index (χ2v) is 5.33. The lowest BCUT2D eigenvalue weighted by Crippen LogP contribution is -2.13. The second kappa shape index (κ2) is 7.31. The molecule has 0 saturated carbocycles. The maximum Gasteiger partial charge on any atom is 0.219 e. The van der Waals surface area contributed by atoms with Crippen molar-refractivity contribution < 1.29 is 4.74 Å². The van der Waals surface area contributed by atoms with Gasteiger partial charge >= 0.3 is 0 Å². The second-order valence-electron chi connectivity index (χ2n) is 4.45. The van der Waals surface area contributed by atoms with Crippen LogP contribution in [0.15, 0.2) is 41.3 Å². The molecule has 1 aromatic heterocycles. The fraction of sp³-hybridized carbons (Fsp3) is 0.312. The van der Waals surface area contributed by atoms with E-state index in [0.29, 0.717) is 5.88 Å². The van der Waals surface area contributed by atoms with E-state index in [0.717, 1.165) is 24.5 Å².